The summed E-state index contributed by atoms with van der Waals surface area (Å²) in [7, 11) is 2.07. The van der Waals surface area contributed by atoms with E-state index in [0.717, 1.165) is 29.4 Å². The summed E-state index contributed by atoms with van der Waals surface area (Å²) >= 11 is 5.40. The van der Waals surface area contributed by atoms with Crippen LogP contribution in [0.15, 0.2) is 33.6 Å². The van der Waals surface area contributed by atoms with Crippen molar-refractivity contribution in [2.45, 2.75) is 23.8 Å². The van der Waals surface area contributed by atoms with E-state index in [1.807, 2.05) is 11.8 Å². The minimum absolute atomic E-state index is 0.586. The van der Waals surface area contributed by atoms with Crippen molar-refractivity contribution in [1.82, 2.24) is 5.32 Å². The maximum Gasteiger partial charge on any atom is 0.0469 e. The normalized spacial score (nSPS) is 18.8. The fourth-order valence-corrected chi connectivity index (χ4v) is 3.69. The van der Waals surface area contributed by atoms with Crippen molar-refractivity contribution in [2.24, 2.45) is 5.92 Å². The van der Waals surface area contributed by atoms with E-state index >= 15 is 0 Å². The summed E-state index contributed by atoms with van der Waals surface area (Å²) in [6, 6.07) is 9.13. The second-order valence-electron chi connectivity index (χ2n) is 4.61. The molecule has 1 atom stereocenters. The smallest absolute Gasteiger partial charge is 0.0469 e. The molecule has 1 heterocycles. The van der Waals surface area contributed by atoms with Gasteiger partial charge < -0.3 is 10.1 Å². The molecule has 1 saturated heterocycles. The van der Waals surface area contributed by atoms with Crippen LogP contribution in [0, 0.1) is 5.92 Å². The van der Waals surface area contributed by atoms with E-state index in [0.29, 0.717) is 6.04 Å². The van der Waals surface area contributed by atoms with Gasteiger partial charge in [-0.05, 0) is 50.1 Å². The standard InChI is InChI=1S/C14H20BrNOS/c1-16-14(11-6-8-17-9-7-11)10-18-13-4-2-12(15)3-5-13/h2-5,11,14,16H,6-10H2,1H3. The lowest BCUT2D eigenvalue weighted by atomic mass is 9.93. The Balaban J connectivity index is 1.84. The largest absolute Gasteiger partial charge is 0.381 e. The number of ether oxygens (including phenoxy) is 1. The van der Waals surface area contributed by atoms with Gasteiger partial charge in [-0.15, -0.1) is 11.8 Å². The third-order valence-corrected chi connectivity index (χ3v) is 5.11. The Labute approximate surface area is 122 Å². The predicted molar refractivity (Wildman–Crippen MR) is 81.3 cm³/mol. The molecule has 1 fully saturated rings. The second-order valence-corrected chi connectivity index (χ2v) is 6.62. The van der Waals surface area contributed by atoms with E-state index in [-0.39, 0.29) is 0 Å². The first-order valence-electron chi connectivity index (χ1n) is 6.43. The Bertz CT molecular complexity index is 351. The van der Waals surface area contributed by atoms with Crippen molar-refractivity contribution >= 4 is 27.7 Å². The van der Waals surface area contributed by atoms with Crippen LogP contribution in [0.5, 0.6) is 0 Å². The first kappa shape index (κ1) is 14.4. The first-order valence-corrected chi connectivity index (χ1v) is 8.21. The van der Waals surface area contributed by atoms with Crippen LogP contribution in [-0.2, 0) is 4.74 Å². The van der Waals surface area contributed by atoms with Gasteiger partial charge >= 0.3 is 0 Å². The number of hydrogen-bond donors (Lipinski definition) is 1. The molecule has 2 rings (SSSR count). The number of halogens is 1. The molecule has 1 N–H and O–H groups in total. The fourth-order valence-electron chi connectivity index (χ4n) is 2.29. The monoisotopic (exact) mass is 329 g/mol. The summed E-state index contributed by atoms with van der Waals surface area (Å²) in [5, 5.41) is 3.47. The summed E-state index contributed by atoms with van der Waals surface area (Å²) in [4.78, 5) is 1.34. The van der Waals surface area contributed by atoms with Crippen molar-refractivity contribution < 1.29 is 4.74 Å². The Morgan fingerprint density at radius 3 is 2.61 bits per heavy atom. The van der Waals surface area contributed by atoms with Crippen molar-refractivity contribution in [3.63, 3.8) is 0 Å². The van der Waals surface area contributed by atoms with Crippen LogP contribution >= 0.6 is 27.7 Å². The molecule has 100 valence electrons. The summed E-state index contributed by atoms with van der Waals surface area (Å²) in [5.41, 5.74) is 0. The molecule has 0 amide bonds. The maximum atomic E-state index is 5.43. The Morgan fingerprint density at radius 2 is 2.00 bits per heavy atom. The van der Waals surface area contributed by atoms with Gasteiger partial charge in [-0.1, -0.05) is 15.9 Å². The van der Waals surface area contributed by atoms with Gasteiger partial charge in [-0.2, -0.15) is 0 Å². The average molecular weight is 330 g/mol. The van der Waals surface area contributed by atoms with Crippen molar-refractivity contribution in [1.29, 1.82) is 0 Å². The molecule has 18 heavy (non-hydrogen) atoms. The van der Waals surface area contributed by atoms with Crippen molar-refractivity contribution in [3.05, 3.63) is 28.7 Å². The molecule has 0 radical (unpaired) electrons. The van der Waals surface area contributed by atoms with Crippen LogP contribution < -0.4 is 5.32 Å². The highest BCUT2D eigenvalue weighted by atomic mass is 79.9. The van der Waals surface area contributed by atoms with Crippen LogP contribution in [0.4, 0.5) is 0 Å². The van der Waals surface area contributed by atoms with Gasteiger partial charge in [0, 0.05) is 34.4 Å². The lowest BCUT2D eigenvalue weighted by molar-refractivity contribution is 0.0575. The highest BCUT2D eigenvalue weighted by Gasteiger charge is 2.22. The Hall–Kier alpha value is -0.0300. The van der Waals surface area contributed by atoms with E-state index < -0.39 is 0 Å². The quantitative estimate of drug-likeness (QED) is 0.834. The number of nitrogens with one attached hydrogen (secondary N) is 1. The summed E-state index contributed by atoms with van der Waals surface area (Å²) in [6.07, 6.45) is 2.37. The number of thioether (sulfide) groups is 1. The molecule has 2 nitrogen and oxygen atoms in total. The van der Waals surface area contributed by atoms with E-state index in [2.05, 4.69) is 52.6 Å². The van der Waals surface area contributed by atoms with E-state index in [1.54, 1.807) is 0 Å². The number of rotatable bonds is 5. The SMILES string of the molecule is CNC(CSc1ccc(Br)cc1)C1CCOCC1. The van der Waals surface area contributed by atoms with Crippen LogP contribution in [0.2, 0.25) is 0 Å². The molecule has 0 bridgehead atoms. The van der Waals surface area contributed by atoms with Crippen LogP contribution in [0.1, 0.15) is 12.8 Å². The predicted octanol–water partition coefficient (Wildman–Crippen LogP) is 3.56. The van der Waals surface area contributed by atoms with E-state index in [1.165, 1.54) is 17.7 Å². The highest BCUT2D eigenvalue weighted by molar-refractivity contribution is 9.10. The van der Waals surface area contributed by atoms with E-state index in [4.69, 9.17) is 4.74 Å². The maximum absolute atomic E-state index is 5.43. The van der Waals surface area contributed by atoms with Gasteiger partial charge in [0.15, 0.2) is 0 Å². The minimum atomic E-state index is 0.586. The highest BCUT2D eigenvalue weighted by Crippen LogP contribution is 2.26. The summed E-state index contributed by atoms with van der Waals surface area (Å²) in [6.45, 7) is 1.84. The molecule has 1 aromatic carbocycles. The molecule has 4 heteroatoms. The lowest BCUT2D eigenvalue weighted by Gasteiger charge is -2.29. The molecule has 1 aliphatic rings. The van der Waals surface area contributed by atoms with Crippen molar-refractivity contribution in [3.8, 4) is 0 Å². The molecule has 0 saturated carbocycles. The van der Waals surface area contributed by atoms with Gasteiger partial charge in [-0.3, -0.25) is 0 Å². The van der Waals surface area contributed by atoms with Crippen LogP contribution in [0.3, 0.4) is 0 Å². The molecule has 1 aromatic rings. The Morgan fingerprint density at radius 1 is 1.33 bits per heavy atom. The zero-order valence-corrected chi connectivity index (χ0v) is 13.1. The topological polar surface area (TPSA) is 21.3 Å². The number of hydrogen-bond acceptors (Lipinski definition) is 3. The van der Waals surface area contributed by atoms with Gasteiger partial charge in [0.1, 0.15) is 0 Å². The van der Waals surface area contributed by atoms with Crippen molar-refractivity contribution in [2.75, 3.05) is 26.0 Å². The molecular formula is C14H20BrNOS. The van der Waals surface area contributed by atoms with Gasteiger partial charge in [-0.25, -0.2) is 0 Å². The molecule has 0 aromatic heterocycles. The molecule has 1 unspecified atom stereocenters. The van der Waals surface area contributed by atoms with Crippen LogP contribution in [-0.4, -0.2) is 32.1 Å². The molecular weight excluding hydrogens is 310 g/mol. The minimum Gasteiger partial charge on any atom is -0.381 e. The zero-order chi connectivity index (χ0) is 12.8. The third-order valence-electron chi connectivity index (χ3n) is 3.45. The first-order chi connectivity index (χ1) is 8.79. The molecule has 0 spiro atoms. The zero-order valence-electron chi connectivity index (χ0n) is 10.7. The van der Waals surface area contributed by atoms with Gasteiger partial charge in [0.2, 0.25) is 0 Å². The van der Waals surface area contributed by atoms with Crippen LogP contribution in [0.25, 0.3) is 0 Å². The second kappa shape index (κ2) is 7.53. The summed E-state index contributed by atoms with van der Waals surface area (Å²) < 4.78 is 6.57. The summed E-state index contributed by atoms with van der Waals surface area (Å²) in [5.74, 6) is 1.88. The Kier molecular flexibility index (Phi) is 6.02. The fraction of sp³-hybridized carbons (Fsp3) is 0.571. The average Bonchev–Trinajstić information content (AvgIpc) is 2.43. The molecule has 1 aliphatic heterocycles. The van der Waals surface area contributed by atoms with E-state index in [9.17, 15) is 0 Å². The lowest BCUT2D eigenvalue weighted by Crippen LogP contribution is -2.38. The van der Waals surface area contributed by atoms with Gasteiger partial charge in [0.05, 0.1) is 0 Å². The molecule has 0 aliphatic carbocycles. The third kappa shape index (κ3) is 4.26. The number of benzene rings is 1. The van der Waals surface area contributed by atoms with Gasteiger partial charge in [0.25, 0.3) is 0 Å².